The number of nitrogens with zero attached hydrogens (tertiary/aromatic N) is 1. The van der Waals surface area contributed by atoms with Gasteiger partial charge in [0.05, 0.1) is 13.0 Å². The first-order chi connectivity index (χ1) is 18.3. The Hall–Kier alpha value is -3.72. The molecule has 202 valence electrons. The fraction of sp³-hybridized carbons (Fsp3) is 0.448. The summed E-state index contributed by atoms with van der Waals surface area (Å²) >= 11 is 0. The van der Waals surface area contributed by atoms with Crippen molar-refractivity contribution in [3.05, 3.63) is 59.7 Å². The molecule has 0 radical (unpaired) electrons. The molecule has 9 nitrogen and oxygen atoms in total. The van der Waals surface area contributed by atoms with Gasteiger partial charge in [-0.05, 0) is 68.8 Å². The molecule has 0 aromatic heterocycles. The van der Waals surface area contributed by atoms with Crippen LogP contribution in [0.4, 0.5) is 4.79 Å². The highest BCUT2D eigenvalue weighted by Gasteiger charge is 2.30. The number of carbonyl (C=O) groups is 3. The van der Waals surface area contributed by atoms with Gasteiger partial charge in [0.15, 0.2) is 0 Å². The summed E-state index contributed by atoms with van der Waals surface area (Å²) in [5.41, 5.74) is 3.00. The lowest BCUT2D eigenvalue weighted by Gasteiger charge is -2.32. The number of nitrogens with one attached hydrogen (secondary N) is 3. The maximum atomic E-state index is 12.8. The molecule has 0 bridgehead atoms. The third-order valence-corrected chi connectivity index (χ3v) is 7.41. The number of hydrogen-bond donors (Lipinski definition) is 3. The summed E-state index contributed by atoms with van der Waals surface area (Å²) in [6, 6.07) is 14.6. The van der Waals surface area contributed by atoms with E-state index in [-0.39, 0.29) is 35.8 Å². The molecule has 0 unspecified atom stereocenters. The molecule has 38 heavy (non-hydrogen) atoms. The van der Waals surface area contributed by atoms with Crippen LogP contribution in [0.1, 0.15) is 54.4 Å². The van der Waals surface area contributed by atoms with Crippen molar-refractivity contribution >= 4 is 23.8 Å². The molecule has 1 saturated heterocycles. The van der Waals surface area contributed by atoms with Gasteiger partial charge >= 0.3 is 12.1 Å². The SMILES string of the molecule is COC(=O)NC(=N)c1ccc(-c2ccc(C(=O)N[C@H]3CC[C@H](C(=O)OC4CCN(C)CC4)CC3)cc2)cc1. The molecular formula is C29H36N4O5. The number of likely N-dealkylation sites (tertiary alicyclic amines) is 1. The minimum absolute atomic E-state index is 0.0362. The summed E-state index contributed by atoms with van der Waals surface area (Å²) in [4.78, 5) is 39.0. The first kappa shape index (κ1) is 27.3. The minimum atomic E-state index is -0.688. The number of amides is 2. The normalized spacial score (nSPS) is 20.3. The van der Waals surface area contributed by atoms with Gasteiger partial charge in [-0.25, -0.2) is 4.79 Å². The van der Waals surface area contributed by atoms with Gasteiger partial charge in [0.1, 0.15) is 11.9 Å². The lowest BCUT2D eigenvalue weighted by atomic mass is 9.86. The van der Waals surface area contributed by atoms with Crippen LogP contribution in [-0.4, -0.2) is 68.1 Å². The summed E-state index contributed by atoms with van der Waals surface area (Å²) in [5.74, 6) is -0.317. The maximum Gasteiger partial charge on any atom is 0.412 e. The average Bonchev–Trinajstić information content (AvgIpc) is 2.94. The first-order valence-corrected chi connectivity index (χ1v) is 13.2. The van der Waals surface area contributed by atoms with Crippen molar-refractivity contribution in [3.8, 4) is 11.1 Å². The number of carbonyl (C=O) groups excluding carboxylic acids is 3. The van der Waals surface area contributed by atoms with Gasteiger partial charge in [0.2, 0.25) is 0 Å². The summed E-state index contributed by atoms with van der Waals surface area (Å²) in [6.07, 6.45) is 4.15. The lowest BCUT2D eigenvalue weighted by molar-refractivity contribution is -0.157. The van der Waals surface area contributed by atoms with Gasteiger partial charge in [-0.2, -0.15) is 0 Å². The van der Waals surface area contributed by atoms with Gasteiger partial charge in [0.25, 0.3) is 5.91 Å². The minimum Gasteiger partial charge on any atom is -0.462 e. The zero-order valence-corrected chi connectivity index (χ0v) is 22.0. The summed E-state index contributed by atoms with van der Waals surface area (Å²) < 4.78 is 10.3. The third-order valence-electron chi connectivity index (χ3n) is 7.41. The number of ether oxygens (including phenoxy) is 2. The van der Waals surface area contributed by atoms with Crippen molar-refractivity contribution in [2.24, 2.45) is 5.92 Å². The second kappa shape index (κ2) is 12.7. The molecule has 2 aromatic rings. The second-order valence-corrected chi connectivity index (χ2v) is 10.1. The van der Waals surface area contributed by atoms with Crippen LogP contribution in [0.3, 0.4) is 0 Å². The van der Waals surface area contributed by atoms with Gasteiger partial charge in [-0.15, -0.1) is 0 Å². The molecule has 1 aliphatic carbocycles. The van der Waals surface area contributed by atoms with E-state index in [9.17, 15) is 14.4 Å². The zero-order valence-electron chi connectivity index (χ0n) is 22.0. The monoisotopic (exact) mass is 520 g/mol. The van der Waals surface area contributed by atoms with E-state index in [4.69, 9.17) is 10.1 Å². The van der Waals surface area contributed by atoms with E-state index in [1.807, 2.05) is 24.3 Å². The van der Waals surface area contributed by atoms with E-state index in [0.717, 1.165) is 62.7 Å². The Balaban J connectivity index is 1.24. The second-order valence-electron chi connectivity index (χ2n) is 10.1. The molecule has 2 aliphatic rings. The maximum absolute atomic E-state index is 12.8. The standard InChI is InChI=1S/C29H36N4O5/c1-33-17-15-25(16-18-33)38-28(35)23-11-13-24(14-12-23)31-27(34)22-9-5-20(6-10-22)19-3-7-21(8-4-19)26(30)32-29(36)37-2/h3-10,23-25H,11-18H2,1-2H3,(H,31,34)(H2,30,32,36)/t23-,24-. The average molecular weight is 521 g/mol. The van der Waals surface area contributed by atoms with E-state index in [0.29, 0.717) is 11.1 Å². The Bertz CT molecular complexity index is 1130. The molecule has 2 fully saturated rings. The van der Waals surface area contributed by atoms with Crippen LogP contribution in [0.5, 0.6) is 0 Å². The Morgan fingerprint density at radius 3 is 1.95 bits per heavy atom. The Morgan fingerprint density at radius 2 is 1.39 bits per heavy atom. The number of piperidine rings is 1. The lowest BCUT2D eigenvalue weighted by Crippen LogP contribution is -2.40. The van der Waals surface area contributed by atoms with Gasteiger partial charge < -0.3 is 19.7 Å². The molecule has 0 spiro atoms. The van der Waals surface area contributed by atoms with Gasteiger partial charge in [-0.3, -0.25) is 20.3 Å². The van der Waals surface area contributed by atoms with Crippen LogP contribution in [0, 0.1) is 11.3 Å². The van der Waals surface area contributed by atoms with E-state index in [1.54, 1.807) is 24.3 Å². The van der Waals surface area contributed by atoms with Crippen molar-refractivity contribution < 1.29 is 23.9 Å². The largest absolute Gasteiger partial charge is 0.462 e. The highest BCUT2D eigenvalue weighted by molar-refractivity contribution is 6.04. The number of rotatable bonds is 6. The number of amidine groups is 1. The molecule has 0 atom stereocenters. The van der Waals surface area contributed by atoms with Gasteiger partial charge in [0, 0.05) is 30.3 Å². The highest BCUT2D eigenvalue weighted by Crippen LogP contribution is 2.27. The van der Waals surface area contributed by atoms with E-state index < -0.39 is 6.09 Å². The van der Waals surface area contributed by atoms with Crippen molar-refractivity contribution in [1.29, 1.82) is 5.41 Å². The topological polar surface area (TPSA) is 121 Å². The van der Waals surface area contributed by atoms with Crippen molar-refractivity contribution in [1.82, 2.24) is 15.5 Å². The first-order valence-electron chi connectivity index (χ1n) is 13.2. The van der Waals surface area contributed by atoms with Crippen molar-refractivity contribution in [2.45, 2.75) is 50.7 Å². The Kier molecular flexibility index (Phi) is 9.12. The van der Waals surface area contributed by atoms with Crippen LogP contribution in [0.2, 0.25) is 0 Å². The van der Waals surface area contributed by atoms with E-state index in [1.165, 1.54) is 7.11 Å². The molecule has 4 rings (SSSR count). The molecule has 2 aromatic carbocycles. The summed E-state index contributed by atoms with van der Waals surface area (Å²) in [6.45, 7) is 1.93. The molecule has 3 N–H and O–H groups in total. The number of benzene rings is 2. The van der Waals surface area contributed by atoms with Crippen LogP contribution in [0.15, 0.2) is 48.5 Å². The van der Waals surface area contributed by atoms with Crippen LogP contribution in [-0.2, 0) is 14.3 Å². The number of methoxy groups -OCH3 is 1. The fourth-order valence-corrected chi connectivity index (χ4v) is 4.97. The Labute approximate surface area is 223 Å². The van der Waals surface area contributed by atoms with Crippen molar-refractivity contribution in [2.75, 3.05) is 27.2 Å². The van der Waals surface area contributed by atoms with Crippen molar-refractivity contribution in [3.63, 3.8) is 0 Å². The predicted molar refractivity (Wildman–Crippen MR) is 144 cm³/mol. The van der Waals surface area contributed by atoms with E-state index >= 15 is 0 Å². The molecule has 1 saturated carbocycles. The smallest absolute Gasteiger partial charge is 0.412 e. The molecule has 1 heterocycles. The third kappa shape index (κ3) is 7.19. The predicted octanol–water partition coefficient (Wildman–Crippen LogP) is 3.96. The van der Waals surface area contributed by atoms with Crippen LogP contribution >= 0.6 is 0 Å². The number of hydrogen-bond acceptors (Lipinski definition) is 7. The molecule has 1 aliphatic heterocycles. The Morgan fingerprint density at radius 1 is 0.842 bits per heavy atom. The number of esters is 1. The highest BCUT2D eigenvalue weighted by atomic mass is 16.5. The summed E-state index contributed by atoms with van der Waals surface area (Å²) in [7, 11) is 3.33. The number of alkyl carbamates (subject to hydrolysis) is 1. The quantitative estimate of drug-likeness (QED) is 0.301. The van der Waals surface area contributed by atoms with Crippen LogP contribution in [0.25, 0.3) is 11.1 Å². The molecule has 9 heteroatoms. The van der Waals surface area contributed by atoms with E-state index in [2.05, 4.69) is 27.3 Å². The van der Waals surface area contributed by atoms with Gasteiger partial charge in [-0.1, -0.05) is 36.4 Å². The van der Waals surface area contributed by atoms with Crippen LogP contribution < -0.4 is 10.6 Å². The molecule has 2 amide bonds. The molecular weight excluding hydrogens is 484 g/mol. The fourth-order valence-electron chi connectivity index (χ4n) is 4.97. The zero-order chi connectivity index (χ0) is 27.1. The summed E-state index contributed by atoms with van der Waals surface area (Å²) in [5, 5.41) is 13.4.